The third kappa shape index (κ3) is 3.54. The maximum Gasteiger partial charge on any atom is 0.268 e. The van der Waals surface area contributed by atoms with Gasteiger partial charge in [0.1, 0.15) is 11.6 Å². The average molecular weight is 321 g/mol. The van der Waals surface area contributed by atoms with Crippen LogP contribution in [0, 0.1) is 11.3 Å². The van der Waals surface area contributed by atoms with Gasteiger partial charge in [0.15, 0.2) is 5.13 Å². The van der Waals surface area contributed by atoms with Gasteiger partial charge in [-0.25, -0.2) is 4.98 Å². The number of hydrogen-bond donors (Lipinski definition) is 1. The Morgan fingerprint density at radius 3 is 2.83 bits per heavy atom. The Kier molecular flexibility index (Phi) is 4.32. The Bertz CT molecular complexity index is 874. The molecule has 0 radical (unpaired) electrons. The third-order valence-corrected chi connectivity index (χ3v) is 3.77. The average Bonchev–Trinajstić information content (AvgIpc) is 3.25. The molecule has 23 heavy (non-hydrogen) atoms. The van der Waals surface area contributed by atoms with Gasteiger partial charge >= 0.3 is 0 Å². The minimum Gasteiger partial charge on any atom is -0.472 e. The molecule has 0 atom stereocenters. The van der Waals surface area contributed by atoms with E-state index in [1.165, 1.54) is 29.9 Å². The minimum absolute atomic E-state index is 0.0112. The van der Waals surface area contributed by atoms with Gasteiger partial charge in [0.2, 0.25) is 0 Å². The number of carbonyl (C=O) groups is 1. The number of nitriles is 1. The molecular weight excluding hydrogens is 310 g/mol. The van der Waals surface area contributed by atoms with Crippen molar-refractivity contribution in [3.8, 4) is 17.3 Å². The van der Waals surface area contributed by atoms with Gasteiger partial charge in [-0.3, -0.25) is 10.1 Å². The second-order valence-corrected chi connectivity index (χ2v) is 5.44. The van der Waals surface area contributed by atoms with Gasteiger partial charge in [-0.2, -0.15) is 5.26 Å². The monoisotopic (exact) mass is 321 g/mol. The first-order valence-electron chi connectivity index (χ1n) is 6.72. The van der Waals surface area contributed by atoms with E-state index in [0.717, 1.165) is 11.3 Å². The van der Waals surface area contributed by atoms with E-state index in [1.807, 2.05) is 41.8 Å². The van der Waals surface area contributed by atoms with E-state index in [2.05, 4.69) is 10.3 Å². The van der Waals surface area contributed by atoms with E-state index in [-0.39, 0.29) is 5.57 Å². The summed E-state index contributed by atoms with van der Waals surface area (Å²) >= 11 is 1.31. The van der Waals surface area contributed by atoms with Gasteiger partial charge in [-0.05, 0) is 12.1 Å². The number of thiazole rings is 1. The molecule has 1 N–H and O–H groups in total. The molecule has 0 fully saturated rings. The number of furan rings is 1. The van der Waals surface area contributed by atoms with Crippen molar-refractivity contribution in [3.63, 3.8) is 0 Å². The summed E-state index contributed by atoms with van der Waals surface area (Å²) in [6, 6.07) is 13.2. The van der Waals surface area contributed by atoms with Gasteiger partial charge in [0.05, 0.1) is 18.2 Å². The van der Waals surface area contributed by atoms with Crippen LogP contribution < -0.4 is 5.32 Å². The summed E-state index contributed by atoms with van der Waals surface area (Å²) < 4.78 is 4.91. The molecule has 0 spiro atoms. The van der Waals surface area contributed by atoms with Crippen molar-refractivity contribution in [2.75, 3.05) is 5.32 Å². The van der Waals surface area contributed by atoms with Gasteiger partial charge in [-0.1, -0.05) is 30.3 Å². The molecule has 2 heterocycles. The van der Waals surface area contributed by atoms with Crippen LogP contribution in [-0.4, -0.2) is 10.9 Å². The Hall–Kier alpha value is -3.17. The fraction of sp³-hybridized carbons (Fsp3) is 0. The zero-order valence-corrected chi connectivity index (χ0v) is 12.7. The van der Waals surface area contributed by atoms with E-state index < -0.39 is 5.91 Å². The molecule has 0 aliphatic carbocycles. The molecule has 1 aromatic carbocycles. The van der Waals surface area contributed by atoms with Crippen LogP contribution in [0.2, 0.25) is 0 Å². The summed E-state index contributed by atoms with van der Waals surface area (Å²) in [4.78, 5) is 16.5. The number of nitrogens with zero attached hydrogens (tertiary/aromatic N) is 2. The summed E-state index contributed by atoms with van der Waals surface area (Å²) in [5.41, 5.74) is 2.39. The SMILES string of the molecule is N#C/C(=C/c1ccoc1)C(=O)Nc1nc(-c2ccccc2)cs1. The van der Waals surface area contributed by atoms with Crippen LogP contribution in [0.1, 0.15) is 5.56 Å². The highest BCUT2D eigenvalue weighted by Crippen LogP contribution is 2.25. The molecule has 3 aromatic rings. The molecule has 112 valence electrons. The fourth-order valence-electron chi connectivity index (χ4n) is 1.91. The molecule has 3 rings (SSSR count). The lowest BCUT2D eigenvalue weighted by atomic mass is 10.2. The minimum atomic E-state index is -0.498. The first-order valence-corrected chi connectivity index (χ1v) is 7.60. The maximum atomic E-state index is 12.1. The quantitative estimate of drug-likeness (QED) is 0.583. The number of aromatic nitrogens is 1. The zero-order valence-electron chi connectivity index (χ0n) is 11.9. The number of benzene rings is 1. The van der Waals surface area contributed by atoms with Gasteiger partial charge in [-0.15, -0.1) is 11.3 Å². The molecule has 6 heteroatoms. The van der Waals surface area contributed by atoms with E-state index in [0.29, 0.717) is 10.7 Å². The Morgan fingerprint density at radius 1 is 1.30 bits per heavy atom. The van der Waals surface area contributed by atoms with Crippen molar-refractivity contribution in [2.45, 2.75) is 0 Å². The Balaban J connectivity index is 1.76. The van der Waals surface area contributed by atoms with E-state index >= 15 is 0 Å². The number of nitrogens with one attached hydrogen (secondary N) is 1. The molecule has 2 aromatic heterocycles. The normalized spacial score (nSPS) is 11.0. The van der Waals surface area contributed by atoms with E-state index in [1.54, 1.807) is 6.07 Å². The summed E-state index contributed by atoms with van der Waals surface area (Å²) in [5.74, 6) is -0.498. The van der Waals surface area contributed by atoms with Crippen LogP contribution in [0.15, 0.2) is 64.3 Å². The van der Waals surface area contributed by atoms with E-state index in [9.17, 15) is 4.79 Å². The lowest BCUT2D eigenvalue weighted by molar-refractivity contribution is -0.112. The molecule has 0 unspecified atom stereocenters. The van der Waals surface area contributed by atoms with Crippen molar-refractivity contribution in [1.82, 2.24) is 4.98 Å². The summed E-state index contributed by atoms with van der Waals surface area (Å²) in [6.45, 7) is 0. The van der Waals surface area contributed by atoms with Crippen molar-refractivity contribution < 1.29 is 9.21 Å². The second-order valence-electron chi connectivity index (χ2n) is 4.58. The van der Waals surface area contributed by atoms with Crippen LogP contribution in [-0.2, 0) is 4.79 Å². The molecule has 1 amide bonds. The van der Waals surface area contributed by atoms with Gasteiger partial charge in [0, 0.05) is 16.5 Å². The van der Waals surface area contributed by atoms with Crippen molar-refractivity contribution in [2.24, 2.45) is 0 Å². The number of amides is 1. The number of rotatable bonds is 4. The first kappa shape index (κ1) is 14.8. The van der Waals surface area contributed by atoms with Crippen LogP contribution in [0.25, 0.3) is 17.3 Å². The summed E-state index contributed by atoms with van der Waals surface area (Å²) in [7, 11) is 0. The van der Waals surface area contributed by atoms with Crippen molar-refractivity contribution >= 4 is 28.5 Å². The topological polar surface area (TPSA) is 78.9 Å². The van der Waals surface area contributed by atoms with Crippen molar-refractivity contribution in [1.29, 1.82) is 5.26 Å². The smallest absolute Gasteiger partial charge is 0.268 e. The number of carbonyl (C=O) groups excluding carboxylic acids is 1. The highest BCUT2D eigenvalue weighted by Gasteiger charge is 2.12. The highest BCUT2D eigenvalue weighted by molar-refractivity contribution is 7.14. The van der Waals surface area contributed by atoms with Crippen LogP contribution in [0.3, 0.4) is 0 Å². The lowest BCUT2D eigenvalue weighted by Crippen LogP contribution is -2.13. The van der Waals surface area contributed by atoms with E-state index in [4.69, 9.17) is 9.68 Å². The summed E-state index contributed by atoms with van der Waals surface area (Å²) in [5, 5.41) is 14.1. The van der Waals surface area contributed by atoms with Gasteiger partial charge in [0.25, 0.3) is 5.91 Å². The highest BCUT2D eigenvalue weighted by atomic mass is 32.1. The largest absolute Gasteiger partial charge is 0.472 e. The Labute approximate surface area is 136 Å². The van der Waals surface area contributed by atoms with Gasteiger partial charge < -0.3 is 4.42 Å². The predicted molar refractivity (Wildman–Crippen MR) is 88.5 cm³/mol. The predicted octanol–water partition coefficient (Wildman–Crippen LogP) is 3.95. The molecule has 0 saturated heterocycles. The second kappa shape index (κ2) is 6.73. The molecule has 0 aliphatic heterocycles. The molecule has 0 aliphatic rings. The molecule has 0 saturated carbocycles. The molecule has 0 bridgehead atoms. The van der Waals surface area contributed by atoms with Crippen molar-refractivity contribution in [3.05, 3.63) is 65.4 Å². The summed E-state index contributed by atoms with van der Waals surface area (Å²) in [6.07, 6.45) is 4.40. The number of hydrogen-bond acceptors (Lipinski definition) is 5. The number of anilines is 1. The third-order valence-electron chi connectivity index (χ3n) is 3.01. The first-order chi connectivity index (χ1) is 11.3. The lowest BCUT2D eigenvalue weighted by Gasteiger charge is -1.99. The van der Waals surface area contributed by atoms with Crippen LogP contribution in [0.5, 0.6) is 0 Å². The van der Waals surface area contributed by atoms with Crippen LogP contribution in [0.4, 0.5) is 5.13 Å². The fourth-order valence-corrected chi connectivity index (χ4v) is 2.62. The Morgan fingerprint density at radius 2 is 2.13 bits per heavy atom. The van der Waals surface area contributed by atoms with Crippen LogP contribution >= 0.6 is 11.3 Å². The molecular formula is C17H11N3O2S. The standard InChI is InChI=1S/C17H11N3O2S/c18-9-14(8-12-6-7-22-10-12)16(21)20-17-19-15(11-23-17)13-4-2-1-3-5-13/h1-8,10-11H,(H,19,20,21)/b14-8-. The maximum absolute atomic E-state index is 12.1. The zero-order chi connectivity index (χ0) is 16.1. The molecule has 5 nitrogen and oxygen atoms in total.